The normalized spacial score (nSPS) is 16.8. The van der Waals surface area contributed by atoms with Crippen LogP contribution in [0.4, 0.5) is 4.39 Å². The van der Waals surface area contributed by atoms with E-state index in [-0.39, 0.29) is 11.7 Å². The Hall–Kier alpha value is -2.59. The Morgan fingerprint density at radius 1 is 1.30 bits per heavy atom. The minimum absolute atomic E-state index is 0.0518. The molecule has 1 saturated heterocycles. The van der Waals surface area contributed by atoms with E-state index in [1.807, 2.05) is 24.3 Å². The molecule has 1 fully saturated rings. The number of nitrogens with one attached hydrogen (secondary N) is 1. The van der Waals surface area contributed by atoms with Crippen LogP contribution in [0.1, 0.15) is 11.1 Å². The van der Waals surface area contributed by atoms with Crippen LogP contribution in [0.2, 0.25) is 0 Å². The van der Waals surface area contributed by atoms with Crippen molar-refractivity contribution in [2.45, 2.75) is 12.5 Å². The van der Waals surface area contributed by atoms with Gasteiger partial charge in [-0.15, -0.1) is 0 Å². The molecule has 2 aromatic carbocycles. The highest BCUT2D eigenvalue weighted by molar-refractivity contribution is 7.09. The van der Waals surface area contributed by atoms with Crippen LogP contribution < -0.4 is 5.32 Å². The van der Waals surface area contributed by atoms with Gasteiger partial charge in [0.15, 0.2) is 0 Å². The monoisotopic (exact) mass is 379 g/mol. The molecular weight excluding hydrogens is 361 g/mol. The lowest BCUT2D eigenvalue weighted by atomic mass is 9.91. The van der Waals surface area contributed by atoms with Gasteiger partial charge < -0.3 is 10.1 Å². The van der Waals surface area contributed by atoms with Crippen molar-refractivity contribution in [2.24, 2.45) is 0 Å². The lowest BCUT2D eigenvalue weighted by molar-refractivity contribution is 0.0293. The molecule has 0 bridgehead atoms. The average molecular weight is 379 g/mol. The molecule has 0 amide bonds. The maximum atomic E-state index is 14.2. The highest BCUT2D eigenvalue weighted by atomic mass is 32.1. The van der Waals surface area contributed by atoms with E-state index < -0.39 is 5.82 Å². The third-order valence-corrected chi connectivity index (χ3v) is 5.45. The number of morpholine rings is 1. The van der Waals surface area contributed by atoms with Gasteiger partial charge in [0.05, 0.1) is 23.2 Å². The molecule has 0 radical (unpaired) electrons. The van der Waals surface area contributed by atoms with Gasteiger partial charge in [-0.05, 0) is 46.4 Å². The van der Waals surface area contributed by atoms with Crippen LogP contribution in [-0.2, 0) is 11.2 Å². The fraction of sp³-hybridized carbons (Fsp3) is 0.238. The number of benzene rings is 2. The van der Waals surface area contributed by atoms with Crippen molar-refractivity contribution in [3.63, 3.8) is 0 Å². The molecule has 1 N–H and O–H groups in total. The summed E-state index contributed by atoms with van der Waals surface area (Å²) in [7, 11) is 0. The highest BCUT2D eigenvalue weighted by Crippen LogP contribution is 2.38. The Balaban J connectivity index is 1.80. The lowest BCUT2D eigenvalue weighted by Crippen LogP contribution is -2.39. The van der Waals surface area contributed by atoms with Gasteiger partial charge in [-0.2, -0.15) is 5.26 Å². The van der Waals surface area contributed by atoms with Gasteiger partial charge in [-0.25, -0.2) is 8.76 Å². The van der Waals surface area contributed by atoms with Crippen LogP contribution in [0, 0.1) is 17.1 Å². The predicted octanol–water partition coefficient (Wildman–Crippen LogP) is 4.02. The molecule has 0 spiro atoms. The van der Waals surface area contributed by atoms with Crippen LogP contribution in [0.15, 0.2) is 48.7 Å². The number of ether oxygens (including phenoxy) is 1. The number of hydrogen-bond acceptors (Lipinski definition) is 5. The van der Waals surface area contributed by atoms with Crippen molar-refractivity contribution in [3.8, 4) is 27.6 Å². The number of aromatic nitrogens is 1. The van der Waals surface area contributed by atoms with E-state index in [4.69, 9.17) is 10.00 Å². The molecule has 27 heavy (non-hydrogen) atoms. The molecule has 1 aliphatic heterocycles. The van der Waals surface area contributed by atoms with E-state index in [2.05, 4.69) is 15.8 Å². The van der Waals surface area contributed by atoms with Crippen LogP contribution in [0.25, 0.3) is 21.6 Å². The summed E-state index contributed by atoms with van der Waals surface area (Å²) in [5, 5.41) is 12.4. The smallest absolute Gasteiger partial charge is 0.141 e. The zero-order valence-corrected chi connectivity index (χ0v) is 15.4. The first-order valence-electron chi connectivity index (χ1n) is 8.81. The van der Waals surface area contributed by atoms with Crippen molar-refractivity contribution < 1.29 is 9.13 Å². The van der Waals surface area contributed by atoms with Crippen LogP contribution >= 0.6 is 11.5 Å². The first-order chi connectivity index (χ1) is 13.3. The molecule has 0 aliphatic carbocycles. The first kappa shape index (κ1) is 17.8. The van der Waals surface area contributed by atoms with Crippen molar-refractivity contribution >= 4 is 11.5 Å². The summed E-state index contributed by atoms with van der Waals surface area (Å²) >= 11 is 1.42. The Labute approximate surface area is 161 Å². The molecule has 6 heteroatoms. The zero-order valence-electron chi connectivity index (χ0n) is 14.6. The number of halogens is 1. The Kier molecular flexibility index (Phi) is 5.26. The van der Waals surface area contributed by atoms with Gasteiger partial charge in [-0.1, -0.05) is 24.3 Å². The average Bonchev–Trinajstić information content (AvgIpc) is 3.23. The second kappa shape index (κ2) is 7.97. The zero-order chi connectivity index (χ0) is 18.6. The Morgan fingerprint density at radius 2 is 2.22 bits per heavy atom. The highest BCUT2D eigenvalue weighted by Gasteiger charge is 2.20. The molecule has 3 aromatic rings. The van der Waals surface area contributed by atoms with E-state index in [1.165, 1.54) is 23.7 Å². The van der Waals surface area contributed by atoms with Crippen molar-refractivity contribution in [3.05, 3.63) is 65.6 Å². The largest absolute Gasteiger partial charge is 0.375 e. The minimum atomic E-state index is -0.504. The van der Waals surface area contributed by atoms with Crippen LogP contribution in [-0.4, -0.2) is 30.2 Å². The molecule has 4 rings (SSSR count). The fourth-order valence-electron chi connectivity index (χ4n) is 3.42. The summed E-state index contributed by atoms with van der Waals surface area (Å²) in [5.41, 5.74) is 3.94. The minimum Gasteiger partial charge on any atom is -0.375 e. The molecule has 2 heterocycles. The second-order valence-electron chi connectivity index (χ2n) is 6.42. The van der Waals surface area contributed by atoms with Crippen molar-refractivity contribution in [1.82, 2.24) is 9.69 Å². The summed E-state index contributed by atoms with van der Waals surface area (Å²) in [4.78, 5) is 1.04. The lowest BCUT2D eigenvalue weighted by Gasteiger charge is -2.25. The standard InChI is InChI=1S/C21H18FN3OS/c22-19-11-14(4-5-16(19)12-23)18-3-1-2-15(10-17-13-24-8-9-26-17)21(18)20-6-7-25-27-20/h1-7,11,17,24H,8-10,13H2. The first-order valence-corrected chi connectivity index (χ1v) is 9.59. The van der Waals surface area contributed by atoms with Crippen molar-refractivity contribution in [1.29, 1.82) is 5.26 Å². The summed E-state index contributed by atoms with van der Waals surface area (Å²) in [6.45, 7) is 2.40. The summed E-state index contributed by atoms with van der Waals surface area (Å²) in [5.74, 6) is -0.504. The number of rotatable bonds is 4. The maximum absolute atomic E-state index is 14.2. The fourth-order valence-corrected chi connectivity index (χ4v) is 4.11. The predicted molar refractivity (Wildman–Crippen MR) is 104 cm³/mol. The number of nitrogens with zero attached hydrogens (tertiary/aromatic N) is 2. The summed E-state index contributed by atoms with van der Waals surface area (Å²) < 4.78 is 24.3. The van der Waals surface area contributed by atoms with Gasteiger partial charge in [0.1, 0.15) is 11.9 Å². The molecule has 0 saturated carbocycles. The molecule has 1 unspecified atom stereocenters. The second-order valence-corrected chi connectivity index (χ2v) is 7.26. The third-order valence-electron chi connectivity index (χ3n) is 4.69. The SMILES string of the molecule is N#Cc1ccc(-c2cccc(CC3CNCCO3)c2-c2ccns2)cc1F. The van der Waals surface area contributed by atoms with Crippen LogP contribution in [0.5, 0.6) is 0 Å². The topological polar surface area (TPSA) is 57.9 Å². The Morgan fingerprint density at radius 3 is 2.93 bits per heavy atom. The summed E-state index contributed by atoms with van der Waals surface area (Å²) in [6, 6.07) is 14.7. The van der Waals surface area contributed by atoms with E-state index in [0.717, 1.165) is 46.6 Å². The Bertz CT molecular complexity index is 976. The van der Waals surface area contributed by atoms with Crippen molar-refractivity contribution in [2.75, 3.05) is 19.7 Å². The third kappa shape index (κ3) is 3.76. The molecule has 1 aromatic heterocycles. The molecule has 136 valence electrons. The van der Waals surface area contributed by atoms with E-state index in [0.29, 0.717) is 6.61 Å². The van der Waals surface area contributed by atoms with E-state index in [9.17, 15) is 4.39 Å². The van der Waals surface area contributed by atoms with Gasteiger partial charge in [0, 0.05) is 31.3 Å². The molecule has 1 aliphatic rings. The quantitative estimate of drug-likeness (QED) is 0.744. The summed E-state index contributed by atoms with van der Waals surface area (Å²) in [6.07, 6.45) is 2.66. The van der Waals surface area contributed by atoms with Gasteiger partial charge in [0.25, 0.3) is 0 Å². The van der Waals surface area contributed by atoms with Crippen LogP contribution in [0.3, 0.4) is 0 Å². The molecule has 4 nitrogen and oxygen atoms in total. The van der Waals surface area contributed by atoms with Gasteiger partial charge in [-0.3, -0.25) is 0 Å². The van der Waals surface area contributed by atoms with Gasteiger partial charge in [0.2, 0.25) is 0 Å². The van der Waals surface area contributed by atoms with Gasteiger partial charge >= 0.3 is 0 Å². The molecular formula is C21H18FN3OS. The number of hydrogen-bond donors (Lipinski definition) is 1. The van der Waals surface area contributed by atoms with E-state index >= 15 is 0 Å². The molecule has 1 atom stereocenters. The van der Waals surface area contributed by atoms with E-state index in [1.54, 1.807) is 12.3 Å². The number of nitriles is 1. The maximum Gasteiger partial charge on any atom is 0.141 e.